The fraction of sp³-hybridized carbons (Fsp3) is 0.667. The van der Waals surface area contributed by atoms with Crippen molar-refractivity contribution in [2.24, 2.45) is 17.8 Å². The van der Waals surface area contributed by atoms with E-state index in [2.05, 4.69) is 26.6 Å². The summed E-state index contributed by atoms with van der Waals surface area (Å²) in [6.07, 6.45) is 9.70. The second-order valence-electron chi connectivity index (χ2n) is 7.69. The highest BCUT2D eigenvalue weighted by Gasteiger charge is 2.52. The average molecular weight is 346 g/mol. The molecule has 4 fully saturated rings. The van der Waals surface area contributed by atoms with Crippen LogP contribution in [0, 0.1) is 24.2 Å². The van der Waals surface area contributed by atoms with Gasteiger partial charge in [-0.05, 0) is 68.0 Å². The minimum absolute atomic E-state index is 0.0262. The lowest BCUT2D eigenvalue weighted by Gasteiger charge is -2.47. The zero-order valence-corrected chi connectivity index (χ0v) is 14.3. The number of halogens is 1. The van der Waals surface area contributed by atoms with E-state index in [4.69, 9.17) is 11.6 Å². The molecular formula is C18H22ClN4O. The molecule has 3 saturated carbocycles. The minimum Gasteiger partial charge on any atom is -0.328 e. The van der Waals surface area contributed by atoms with Crippen LogP contribution in [0.25, 0.3) is 0 Å². The third kappa shape index (κ3) is 2.72. The molecule has 0 spiro atoms. The molecule has 5 nitrogen and oxygen atoms in total. The standard InChI is InChI=1S/C18H22ClN4O/c19-18-20-8-7-13(22-18)16-15(11-3-4-11)21-9-14(10-1-2-10)23(16)17(24)12-5-6-12/h3,7-8,10-12,14-16,21H,1-2,4-6,9H2. The zero-order chi connectivity index (χ0) is 16.3. The highest BCUT2D eigenvalue weighted by Crippen LogP contribution is 2.48. The van der Waals surface area contributed by atoms with Crippen LogP contribution in [0.15, 0.2) is 12.3 Å². The fourth-order valence-corrected chi connectivity index (χ4v) is 4.31. The first kappa shape index (κ1) is 15.1. The zero-order valence-electron chi connectivity index (χ0n) is 13.6. The topological polar surface area (TPSA) is 58.1 Å². The second kappa shape index (κ2) is 5.67. The molecule has 4 aliphatic rings. The van der Waals surface area contributed by atoms with E-state index in [9.17, 15) is 4.79 Å². The maximum atomic E-state index is 13.2. The molecule has 1 aromatic heterocycles. The Morgan fingerprint density at radius 2 is 2.08 bits per heavy atom. The van der Waals surface area contributed by atoms with E-state index in [1.807, 2.05) is 6.07 Å². The average Bonchev–Trinajstić information content (AvgIpc) is 3.46. The van der Waals surface area contributed by atoms with E-state index in [0.29, 0.717) is 23.8 Å². The van der Waals surface area contributed by atoms with Gasteiger partial charge in [0.25, 0.3) is 0 Å². The Balaban J connectivity index is 1.55. The van der Waals surface area contributed by atoms with Crippen LogP contribution in [0.4, 0.5) is 0 Å². The minimum atomic E-state index is -0.0262. The summed E-state index contributed by atoms with van der Waals surface area (Å²) >= 11 is 6.07. The number of amides is 1. The van der Waals surface area contributed by atoms with Gasteiger partial charge in [-0.15, -0.1) is 0 Å². The van der Waals surface area contributed by atoms with Crippen molar-refractivity contribution < 1.29 is 4.79 Å². The maximum absolute atomic E-state index is 13.2. The van der Waals surface area contributed by atoms with Crippen molar-refractivity contribution >= 4 is 17.5 Å². The molecule has 1 aromatic rings. The maximum Gasteiger partial charge on any atom is 0.226 e. The highest BCUT2D eigenvalue weighted by molar-refractivity contribution is 6.28. The van der Waals surface area contributed by atoms with Crippen molar-refractivity contribution in [2.75, 3.05) is 6.54 Å². The number of aromatic nitrogens is 2. The van der Waals surface area contributed by atoms with Gasteiger partial charge in [-0.1, -0.05) is 0 Å². The summed E-state index contributed by atoms with van der Waals surface area (Å²) in [7, 11) is 0. The third-order valence-electron chi connectivity index (χ3n) is 5.83. The lowest BCUT2D eigenvalue weighted by Crippen LogP contribution is -2.61. The quantitative estimate of drug-likeness (QED) is 0.851. The molecule has 5 rings (SSSR count). The normalized spacial score (nSPS) is 33.5. The largest absolute Gasteiger partial charge is 0.328 e. The monoisotopic (exact) mass is 345 g/mol. The summed E-state index contributed by atoms with van der Waals surface area (Å²) in [5, 5.41) is 4.00. The fourth-order valence-electron chi connectivity index (χ4n) is 4.16. The second-order valence-corrected chi connectivity index (χ2v) is 8.03. The molecule has 4 atom stereocenters. The number of nitrogens with one attached hydrogen (secondary N) is 1. The van der Waals surface area contributed by atoms with Crippen LogP contribution < -0.4 is 5.32 Å². The summed E-state index contributed by atoms with van der Waals surface area (Å²) in [5.41, 5.74) is 0.882. The predicted octanol–water partition coefficient (Wildman–Crippen LogP) is 2.38. The highest BCUT2D eigenvalue weighted by atomic mass is 35.5. The summed E-state index contributed by atoms with van der Waals surface area (Å²) in [5.74, 6) is 1.73. The number of nitrogens with zero attached hydrogens (tertiary/aromatic N) is 3. The van der Waals surface area contributed by atoms with Crippen LogP contribution in [0.3, 0.4) is 0 Å². The number of carbonyl (C=O) groups excluding carboxylic acids is 1. The number of hydrogen-bond acceptors (Lipinski definition) is 4. The first-order chi connectivity index (χ1) is 11.7. The van der Waals surface area contributed by atoms with Gasteiger partial charge in [0.05, 0.1) is 11.7 Å². The molecule has 3 aliphatic carbocycles. The Hall–Kier alpha value is -1.20. The number of piperazine rings is 1. The van der Waals surface area contributed by atoms with Crippen LogP contribution in [-0.4, -0.2) is 39.4 Å². The van der Waals surface area contributed by atoms with Gasteiger partial charge >= 0.3 is 0 Å². The van der Waals surface area contributed by atoms with E-state index in [0.717, 1.165) is 31.5 Å². The SMILES string of the molecule is O=C(C1CC1)N1C(C2CC2)CNC(C2[CH]C2)C1c1ccnc(Cl)n1. The summed E-state index contributed by atoms with van der Waals surface area (Å²) in [4.78, 5) is 23.9. The van der Waals surface area contributed by atoms with Crippen LogP contribution in [0.5, 0.6) is 0 Å². The van der Waals surface area contributed by atoms with Crippen LogP contribution in [0.1, 0.15) is 43.8 Å². The molecule has 0 aromatic carbocycles. The van der Waals surface area contributed by atoms with E-state index in [1.54, 1.807) is 6.20 Å². The van der Waals surface area contributed by atoms with Gasteiger partial charge < -0.3 is 10.2 Å². The van der Waals surface area contributed by atoms with Crippen molar-refractivity contribution in [1.29, 1.82) is 0 Å². The Morgan fingerprint density at radius 3 is 2.71 bits per heavy atom. The van der Waals surface area contributed by atoms with Crippen LogP contribution >= 0.6 is 11.6 Å². The molecule has 2 heterocycles. The van der Waals surface area contributed by atoms with Crippen LogP contribution in [0.2, 0.25) is 5.28 Å². The van der Waals surface area contributed by atoms with Gasteiger partial charge in [0.2, 0.25) is 11.2 Å². The number of hydrogen-bond donors (Lipinski definition) is 1. The molecule has 1 saturated heterocycles. The number of carbonyl (C=O) groups is 1. The Bertz CT molecular complexity index is 656. The van der Waals surface area contributed by atoms with Crippen molar-refractivity contribution in [3.8, 4) is 0 Å². The van der Waals surface area contributed by atoms with Gasteiger partial charge in [-0.2, -0.15) is 0 Å². The van der Waals surface area contributed by atoms with E-state index in [1.165, 1.54) is 12.8 Å². The molecule has 1 amide bonds. The van der Waals surface area contributed by atoms with Gasteiger partial charge in [0.1, 0.15) is 0 Å². The lowest BCUT2D eigenvalue weighted by molar-refractivity contribution is -0.142. The van der Waals surface area contributed by atoms with E-state index >= 15 is 0 Å². The first-order valence-electron chi connectivity index (χ1n) is 9.09. The summed E-state index contributed by atoms with van der Waals surface area (Å²) in [6.45, 7) is 0.910. The predicted molar refractivity (Wildman–Crippen MR) is 90.1 cm³/mol. The Morgan fingerprint density at radius 1 is 1.29 bits per heavy atom. The van der Waals surface area contributed by atoms with Gasteiger partial charge in [0, 0.05) is 30.7 Å². The molecule has 6 heteroatoms. The molecular weight excluding hydrogens is 324 g/mol. The van der Waals surface area contributed by atoms with Crippen molar-refractivity contribution in [1.82, 2.24) is 20.2 Å². The van der Waals surface area contributed by atoms with Crippen LogP contribution in [-0.2, 0) is 4.79 Å². The molecule has 24 heavy (non-hydrogen) atoms. The van der Waals surface area contributed by atoms with Crippen molar-refractivity contribution in [2.45, 2.75) is 50.2 Å². The smallest absolute Gasteiger partial charge is 0.226 e. The van der Waals surface area contributed by atoms with Gasteiger partial charge in [-0.25, -0.2) is 9.97 Å². The van der Waals surface area contributed by atoms with Crippen molar-refractivity contribution in [3.05, 3.63) is 29.7 Å². The summed E-state index contributed by atoms with van der Waals surface area (Å²) in [6, 6.07) is 2.44. The molecule has 0 bridgehead atoms. The van der Waals surface area contributed by atoms with Gasteiger partial charge in [0.15, 0.2) is 0 Å². The van der Waals surface area contributed by atoms with E-state index < -0.39 is 0 Å². The Labute approximate surface area is 147 Å². The molecule has 127 valence electrons. The Kier molecular flexibility index (Phi) is 3.56. The molecule has 1 radical (unpaired) electrons. The number of rotatable bonds is 4. The van der Waals surface area contributed by atoms with Crippen molar-refractivity contribution in [3.63, 3.8) is 0 Å². The third-order valence-corrected chi connectivity index (χ3v) is 6.01. The summed E-state index contributed by atoms with van der Waals surface area (Å²) < 4.78 is 0. The molecule has 1 aliphatic heterocycles. The van der Waals surface area contributed by atoms with E-state index in [-0.39, 0.29) is 23.3 Å². The van der Waals surface area contributed by atoms with Gasteiger partial charge in [-0.3, -0.25) is 4.79 Å². The molecule has 1 N–H and O–H groups in total. The molecule has 4 unspecified atom stereocenters. The lowest BCUT2D eigenvalue weighted by atomic mass is 9.90. The first-order valence-corrected chi connectivity index (χ1v) is 9.47.